The Bertz CT molecular complexity index is 438. The number of carbonyl (C=O) groups is 2. The third-order valence-corrected chi connectivity index (χ3v) is 3.70. The molecule has 0 unspecified atom stereocenters. The maximum atomic E-state index is 12.3. The number of nitrogens with one attached hydrogen (secondary N) is 1. The Labute approximate surface area is 105 Å². The number of aromatic nitrogens is 2. The van der Waals surface area contributed by atoms with E-state index in [0.717, 1.165) is 25.7 Å². The molecule has 3 rings (SSSR count). The lowest BCUT2D eigenvalue weighted by Gasteiger charge is -2.19. The van der Waals surface area contributed by atoms with Crippen LogP contribution in [0.4, 0.5) is 5.69 Å². The van der Waals surface area contributed by atoms with Crippen LogP contribution in [0.15, 0.2) is 12.4 Å². The fourth-order valence-corrected chi connectivity index (χ4v) is 2.86. The number of hydrogen-bond acceptors (Lipinski definition) is 3. The van der Waals surface area contributed by atoms with Gasteiger partial charge in [-0.25, -0.2) is 4.90 Å². The van der Waals surface area contributed by atoms with Gasteiger partial charge in [0.25, 0.3) is 0 Å². The topological polar surface area (TPSA) is 66.1 Å². The molecule has 1 saturated carbocycles. The van der Waals surface area contributed by atoms with E-state index in [2.05, 4.69) is 10.2 Å². The Morgan fingerprint density at radius 3 is 2.59 bits per heavy atom. The average Bonchev–Trinajstić information content (AvgIpc) is 2.92. The number of nitrogens with zero attached hydrogens (tertiary/aromatic N) is 2. The molecule has 2 heterocycles. The number of aromatic amines is 1. The first-order valence-electron chi connectivity index (χ1n) is 5.59. The zero-order valence-electron chi connectivity index (χ0n) is 9.31. The third kappa shape index (κ3) is 1.65. The van der Waals surface area contributed by atoms with Gasteiger partial charge in [0.05, 0.1) is 17.3 Å². The Balaban J connectivity index is 0.00000108. The molecule has 1 aliphatic heterocycles. The molecule has 5 nitrogen and oxygen atoms in total. The van der Waals surface area contributed by atoms with Gasteiger partial charge in [0.15, 0.2) is 0 Å². The number of rotatable bonds is 1. The first kappa shape index (κ1) is 12.1. The van der Waals surface area contributed by atoms with Gasteiger partial charge in [0.1, 0.15) is 0 Å². The molecular formula is C11H14ClN3O2. The lowest BCUT2D eigenvalue weighted by atomic mass is 9.84. The van der Waals surface area contributed by atoms with Crippen molar-refractivity contribution in [2.24, 2.45) is 5.41 Å². The maximum Gasteiger partial charge on any atom is 0.240 e. The van der Waals surface area contributed by atoms with E-state index in [0.29, 0.717) is 12.1 Å². The van der Waals surface area contributed by atoms with E-state index in [-0.39, 0.29) is 24.2 Å². The number of halogens is 1. The first-order valence-corrected chi connectivity index (χ1v) is 5.59. The van der Waals surface area contributed by atoms with Gasteiger partial charge in [-0.3, -0.25) is 14.7 Å². The molecule has 2 fully saturated rings. The Morgan fingerprint density at radius 1 is 1.29 bits per heavy atom. The predicted molar refractivity (Wildman–Crippen MR) is 63.8 cm³/mol. The molecule has 0 bridgehead atoms. The third-order valence-electron chi connectivity index (χ3n) is 3.70. The molecule has 2 amide bonds. The second-order valence-electron chi connectivity index (χ2n) is 4.66. The smallest absolute Gasteiger partial charge is 0.240 e. The summed E-state index contributed by atoms with van der Waals surface area (Å²) >= 11 is 0. The summed E-state index contributed by atoms with van der Waals surface area (Å²) in [5.74, 6) is -0.121. The number of anilines is 1. The second-order valence-corrected chi connectivity index (χ2v) is 4.66. The first-order chi connectivity index (χ1) is 7.73. The van der Waals surface area contributed by atoms with Gasteiger partial charge < -0.3 is 0 Å². The van der Waals surface area contributed by atoms with Gasteiger partial charge in [0.2, 0.25) is 11.8 Å². The summed E-state index contributed by atoms with van der Waals surface area (Å²) in [6.07, 6.45) is 7.29. The number of imide groups is 1. The van der Waals surface area contributed by atoms with Crippen molar-refractivity contribution in [3.8, 4) is 0 Å². The highest BCUT2D eigenvalue weighted by Gasteiger charge is 2.53. The van der Waals surface area contributed by atoms with E-state index in [1.165, 1.54) is 11.1 Å². The van der Waals surface area contributed by atoms with Crippen molar-refractivity contribution in [3.63, 3.8) is 0 Å². The van der Waals surface area contributed by atoms with Gasteiger partial charge >= 0.3 is 0 Å². The van der Waals surface area contributed by atoms with Crippen LogP contribution >= 0.6 is 12.4 Å². The Morgan fingerprint density at radius 2 is 2.00 bits per heavy atom. The monoisotopic (exact) mass is 255 g/mol. The summed E-state index contributed by atoms with van der Waals surface area (Å²) in [6, 6.07) is 0. The molecule has 0 atom stereocenters. The summed E-state index contributed by atoms with van der Waals surface area (Å²) in [5.41, 5.74) is 0.174. The molecule has 2 aliphatic rings. The quantitative estimate of drug-likeness (QED) is 0.776. The molecule has 1 aromatic heterocycles. The Hall–Kier alpha value is -1.36. The van der Waals surface area contributed by atoms with Crippen LogP contribution in [0.1, 0.15) is 32.1 Å². The van der Waals surface area contributed by atoms with Crippen LogP contribution in [-0.2, 0) is 9.59 Å². The number of carbonyl (C=O) groups excluding carboxylic acids is 2. The highest BCUT2D eigenvalue weighted by atomic mass is 35.5. The number of H-pyrrole nitrogens is 1. The maximum absolute atomic E-state index is 12.3. The fraction of sp³-hybridized carbons (Fsp3) is 0.545. The molecule has 0 radical (unpaired) electrons. The van der Waals surface area contributed by atoms with Crippen molar-refractivity contribution in [1.82, 2.24) is 10.2 Å². The Kier molecular flexibility index (Phi) is 2.95. The van der Waals surface area contributed by atoms with Crippen LogP contribution < -0.4 is 4.90 Å². The van der Waals surface area contributed by atoms with Gasteiger partial charge in [-0.1, -0.05) is 12.8 Å². The standard InChI is InChI=1S/C11H13N3O2.ClH/c15-9-5-11(3-1-2-4-11)10(16)14(9)8-6-12-13-7-8;/h6-7H,1-5H2,(H,12,13);1H. The van der Waals surface area contributed by atoms with Crippen molar-refractivity contribution in [2.75, 3.05) is 4.90 Å². The van der Waals surface area contributed by atoms with Crippen molar-refractivity contribution >= 4 is 29.9 Å². The lowest BCUT2D eigenvalue weighted by molar-refractivity contribution is -0.125. The van der Waals surface area contributed by atoms with E-state index in [9.17, 15) is 9.59 Å². The highest BCUT2D eigenvalue weighted by molar-refractivity contribution is 6.22. The number of amides is 2. The lowest BCUT2D eigenvalue weighted by Crippen LogP contribution is -2.34. The molecule has 1 N–H and O–H groups in total. The summed E-state index contributed by atoms with van der Waals surface area (Å²) in [6.45, 7) is 0. The number of hydrogen-bond donors (Lipinski definition) is 1. The minimum Gasteiger partial charge on any atom is -0.284 e. The molecule has 1 aliphatic carbocycles. The van der Waals surface area contributed by atoms with Crippen LogP contribution in [0.25, 0.3) is 0 Å². The van der Waals surface area contributed by atoms with E-state index in [1.807, 2.05) is 0 Å². The summed E-state index contributed by atoms with van der Waals surface area (Å²) < 4.78 is 0. The normalized spacial score (nSPS) is 22.2. The molecule has 0 aromatic carbocycles. The molecule has 92 valence electrons. The van der Waals surface area contributed by atoms with E-state index in [1.54, 1.807) is 6.20 Å². The minimum absolute atomic E-state index is 0. The largest absolute Gasteiger partial charge is 0.284 e. The summed E-state index contributed by atoms with van der Waals surface area (Å²) in [4.78, 5) is 25.5. The second kappa shape index (κ2) is 4.14. The van der Waals surface area contributed by atoms with E-state index < -0.39 is 5.41 Å². The SMILES string of the molecule is Cl.O=C1CC2(CCCC2)C(=O)N1c1cn[nH]c1. The molecule has 17 heavy (non-hydrogen) atoms. The zero-order chi connectivity index (χ0) is 11.2. The minimum atomic E-state index is -0.394. The van der Waals surface area contributed by atoms with E-state index in [4.69, 9.17) is 0 Å². The molecule has 1 spiro atoms. The van der Waals surface area contributed by atoms with Crippen molar-refractivity contribution in [2.45, 2.75) is 32.1 Å². The van der Waals surface area contributed by atoms with Gasteiger partial charge in [-0.05, 0) is 12.8 Å². The molecule has 1 aromatic rings. The summed E-state index contributed by atoms with van der Waals surface area (Å²) in [5, 5.41) is 6.41. The van der Waals surface area contributed by atoms with E-state index >= 15 is 0 Å². The molecule has 6 heteroatoms. The predicted octanol–water partition coefficient (Wildman–Crippen LogP) is 1.66. The van der Waals surface area contributed by atoms with Crippen LogP contribution in [0.3, 0.4) is 0 Å². The molecule has 1 saturated heterocycles. The highest BCUT2D eigenvalue weighted by Crippen LogP contribution is 2.47. The fourth-order valence-electron chi connectivity index (χ4n) is 2.86. The van der Waals surface area contributed by atoms with Crippen LogP contribution in [-0.4, -0.2) is 22.0 Å². The van der Waals surface area contributed by atoms with Crippen LogP contribution in [0.5, 0.6) is 0 Å². The zero-order valence-corrected chi connectivity index (χ0v) is 10.1. The van der Waals surface area contributed by atoms with Gasteiger partial charge in [0, 0.05) is 12.6 Å². The van der Waals surface area contributed by atoms with Crippen molar-refractivity contribution in [3.05, 3.63) is 12.4 Å². The molecular weight excluding hydrogens is 242 g/mol. The summed E-state index contributed by atoms with van der Waals surface area (Å²) in [7, 11) is 0. The van der Waals surface area contributed by atoms with Gasteiger partial charge in [-0.2, -0.15) is 5.10 Å². The van der Waals surface area contributed by atoms with Crippen molar-refractivity contribution < 1.29 is 9.59 Å². The van der Waals surface area contributed by atoms with Crippen LogP contribution in [0, 0.1) is 5.41 Å². The average molecular weight is 256 g/mol. The van der Waals surface area contributed by atoms with Crippen molar-refractivity contribution in [1.29, 1.82) is 0 Å². The van der Waals surface area contributed by atoms with Crippen LogP contribution in [0.2, 0.25) is 0 Å². The van der Waals surface area contributed by atoms with Gasteiger partial charge in [-0.15, -0.1) is 12.4 Å².